The number of Topliss-reactive ketones (excluding diaryl/α,β-unsaturated/α-hetero) is 1. The molecule has 0 radical (unpaired) electrons. The van der Waals surface area contributed by atoms with E-state index in [9.17, 15) is 9.59 Å². The lowest BCUT2D eigenvalue weighted by molar-refractivity contribution is -0.143. The fourth-order valence-corrected chi connectivity index (χ4v) is 2.54. The third-order valence-electron chi connectivity index (χ3n) is 3.08. The SMILES string of the molecule is COC(=O)C1CCCc2ccc(Br)cc2C1=O. The quantitative estimate of drug-likeness (QED) is 0.455. The van der Waals surface area contributed by atoms with Crippen LogP contribution in [0.2, 0.25) is 0 Å². The molecule has 90 valence electrons. The van der Waals surface area contributed by atoms with E-state index in [1.54, 1.807) is 6.07 Å². The first-order valence-electron chi connectivity index (χ1n) is 5.54. The van der Waals surface area contributed by atoms with Crippen molar-refractivity contribution in [1.29, 1.82) is 0 Å². The molecule has 1 aliphatic carbocycles. The van der Waals surface area contributed by atoms with Crippen LogP contribution in [0.25, 0.3) is 0 Å². The molecule has 0 N–H and O–H groups in total. The normalized spacial score (nSPS) is 19.4. The van der Waals surface area contributed by atoms with Gasteiger partial charge in [0.15, 0.2) is 5.78 Å². The number of esters is 1. The summed E-state index contributed by atoms with van der Waals surface area (Å²) in [5, 5.41) is 0. The van der Waals surface area contributed by atoms with Crippen LogP contribution < -0.4 is 0 Å². The van der Waals surface area contributed by atoms with Crippen molar-refractivity contribution in [2.75, 3.05) is 7.11 Å². The third-order valence-corrected chi connectivity index (χ3v) is 3.57. The Morgan fingerprint density at radius 2 is 2.24 bits per heavy atom. The minimum Gasteiger partial charge on any atom is -0.468 e. The molecule has 0 fully saturated rings. The van der Waals surface area contributed by atoms with E-state index >= 15 is 0 Å². The van der Waals surface area contributed by atoms with Crippen LogP contribution in [-0.4, -0.2) is 18.9 Å². The molecule has 1 aliphatic rings. The average Bonchev–Trinajstić information content (AvgIpc) is 2.49. The molecule has 0 amide bonds. The minimum absolute atomic E-state index is 0.120. The Hall–Kier alpha value is -1.16. The highest BCUT2D eigenvalue weighted by Crippen LogP contribution is 2.27. The third kappa shape index (κ3) is 2.41. The van der Waals surface area contributed by atoms with E-state index in [1.807, 2.05) is 12.1 Å². The molecule has 1 aromatic carbocycles. The van der Waals surface area contributed by atoms with Crippen LogP contribution in [0, 0.1) is 5.92 Å². The predicted octanol–water partition coefficient (Wildman–Crippen LogP) is 2.76. The highest BCUT2D eigenvalue weighted by atomic mass is 79.9. The van der Waals surface area contributed by atoms with Gasteiger partial charge < -0.3 is 4.74 Å². The maximum Gasteiger partial charge on any atom is 0.316 e. The second-order valence-corrected chi connectivity index (χ2v) is 5.05. The number of benzene rings is 1. The molecule has 0 heterocycles. The molecule has 3 nitrogen and oxygen atoms in total. The second-order valence-electron chi connectivity index (χ2n) is 4.13. The molecule has 1 unspecified atom stereocenters. The highest BCUT2D eigenvalue weighted by molar-refractivity contribution is 9.10. The fraction of sp³-hybridized carbons (Fsp3) is 0.385. The van der Waals surface area contributed by atoms with Crippen LogP contribution in [0.4, 0.5) is 0 Å². The summed E-state index contributed by atoms with van der Waals surface area (Å²) in [5.74, 6) is -1.19. The number of methoxy groups -OCH3 is 1. The van der Waals surface area contributed by atoms with Crippen molar-refractivity contribution < 1.29 is 14.3 Å². The monoisotopic (exact) mass is 296 g/mol. The number of aryl methyl sites for hydroxylation is 1. The molecule has 1 aromatic rings. The molecule has 2 rings (SSSR count). The smallest absolute Gasteiger partial charge is 0.316 e. The maximum absolute atomic E-state index is 12.3. The van der Waals surface area contributed by atoms with Crippen molar-refractivity contribution in [3.05, 3.63) is 33.8 Å². The van der Waals surface area contributed by atoms with Crippen molar-refractivity contribution in [2.24, 2.45) is 5.92 Å². The maximum atomic E-state index is 12.3. The molecule has 0 bridgehead atoms. The highest BCUT2D eigenvalue weighted by Gasteiger charge is 2.31. The summed E-state index contributed by atoms with van der Waals surface area (Å²) < 4.78 is 5.55. The standard InChI is InChI=1S/C13H13BrO3/c1-17-13(16)10-4-2-3-8-5-6-9(14)7-11(8)12(10)15/h5-7,10H,2-4H2,1H3. The van der Waals surface area contributed by atoms with E-state index in [1.165, 1.54) is 7.11 Å². The Morgan fingerprint density at radius 3 is 2.94 bits per heavy atom. The summed E-state index contributed by atoms with van der Waals surface area (Å²) in [5.41, 5.74) is 1.66. The molecular formula is C13H13BrO3. The number of hydrogen-bond donors (Lipinski definition) is 0. The molecule has 0 aliphatic heterocycles. The number of halogens is 1. The van der Waals surface area contributed by atoms with Gasteiger partial charge in [-0.1, -0.05) is 22.0 Å². The Labute approximate surface area is 108 Å². The molecule has 17 heavy (non-hydrogen) atoms. The molecular weight excluding hydrogens is 284 g/mol. The number of carbonyl (C=O) groups excluding carboxylic acids is 2. The second kappa shape index (κ2) is 5.00. The summed E-state index contributed by atoms with van der Waals surface area (Å²) in [4.78, 5) is 23.8. The van der Waals surface area contributed by atoms with Crippen LogP contribution in [0.3, 0.4) is 0 Å². The average molecular weight is 297 g/mol. The zero-order valence-electron chi connectivity index (χ0n) is 9.53. The minimum atomic E-state index is -0.643. The fourth-order valence-electron chi connectivity index (χ4n) is 2.18. The van der Waals surface area contributed by atoms with E-state index in [0.29, 0.717) is 12.0 Å². The van der Waals surface area contributed by atoms with Crippen LogP contribution in [0.1, 0.15) is 28.8 Å². The van der Waals surface area contributed by atoms with Gasteiger partial charge in [-0.2, -0.15) is 0 Å². The molecule has 1 atom stereocenters. The van der Waals surface area contributed by atoms with Crippen molar-refractivity contribution in [3.8, 4) is 0 Å². The number of carbonyl (C=O) groups is 2. The number of ketones is 1. The zero-order valence-corrected chi connectivity index (χ0v) is 11.1. The lowest BCUT2D eigenvalue weighted by atomic mass is 9.95. The first-order valence-corrected chi connectivity index (χ1v) is 6.33. The van der Waals surface area contributed by atoms with E-state index < -0.39 is 11.9 Å². The predicted molar refractivity (Wildman–Crippen MR) is 66.9 cm³/mol. The van der Waals surface area contributed by atoms with Crippen LogP contribution >= 0.6 is 15.9 Å². The Kier molecular flexibility index (Phi) is 3.62. The topological polar surface area (TPSA) is 43.4 Å². The molecule has 0 aromatic heterocycles. The summed E-state index contributed by atoms with van der Waals surface area (Å²) in [6.45, 7) is 0. The molecule has 0 spiro atoms. The number of rotatable bonds is 1. The van der Waals surface area contributed by atoms with Crippen molar-refractivity contribution >= 4 is 27.7 Å². The number of fused-ring (bicyclic) bond motifs is 1. The Morgan fingerprint density at radius 1 is 1.47 bits per heavy atom. The van der Waals surface area contributed by atoms with Gasteiger partial charge in [0.05, 0.1) is 7.11 Å². The van der Waals surface area contributed by atoms with Crippen LogP contribution in [0.15, 0.2) is 22.7 Å². The van der Waals surface area contributed by atoms with Gasteiger partial charge in [-0.25, -0.2) is 0 Å². The summed E-state index contributed by atoms with van der Waals surface area (Å²) >= 11 is 3.35. The Balaban J connectivity index is 2.41. The van der Waals surface area contributed by atoms with Crippen LogP contribution in [-0.2, 0) is 16.0 Å². The van der Waals surface area contributed by atoms with Crippen molar-refractivity contribution in [1.82, 2.24) is 0 Å². The van der Waals surface area contributed by atoms with Crippen molar-refractivity contribution in [2.45, 2.75) is 19.3 Å². The van der Waals surface area contributed by atoms with Gasteiger partial charge >= 0.3 is 5.97 Å². The Bertz CT molecular complexity index is 468. The summed E-state index contributed by atoms with van der Waals surface area (Å²) in [6.07, 6.45) is 2.24. The van der Waals surface area contributed by atoms with Crippen LogP contribution in [0.5, 0.6) is 0 Å². The first kappa shape index (κ1) is 12.3. The lowest BCUT2D eigenvalue weighted by Crippen LogP contribution is -2.24. The van der Waals surface area contributed by atoms with Gasteiger partial charge in [0.2, 0.25) is 0 Å². The van der Waals surface area contributed by atoms with Gasteiger partial charge in [0.25, 0.3) is 0 Å². The van der Waals surface area contributed by atoms with E-state index in [-0.39, 0.29) is 5.78 Å². The zero-order chi connectivity index (χ0) is 12.4. The van der Waals surface area contributed by atoms with Crippen molar-refractivity contribution in [3.63, 3.8) is 0 Å². The number of ether oxygens (including phenoxy) is 1. The van der Waals surface area contributed by atoms with E-state index in [2.05, 4.69) is 20.7 Å². The van der Waals surface area contributed by atoms with Gasteiger partial charge in [-0.15, -0.1) is 0 Å². The van der Waals surface area contributed by atoms with Gasteiger partial charge in [-0.3, -0.25) is 9.59 Å². The molecule has 0 saturated carbocycles. The van der Waals surface area contributed by atoms with Gasteiger partial charge in [0, 0.05) is 10.0 Å². The summed E-state index contributed by atoms with van der Waals surface area (Å²) in [6, 6.07) is 5.65. The number of hydrogen-bond acceptors (Lipinski definition) is 3. The van der Waals surface area contributed by atoms with E-state index in [0.717, 1.165) is 22.9 Å². The van der Waals surface area contributed by atoms with Gasteiger partial charge in [0.1, 0.15) is 5.92 Å². The largest absolute Gasteiger partial charge is 0.468 e. The molecule has 4 heteroatoms. The van der Waals surface area contributed by atoms with Gasteiger partial charge in [-0.05, 0) is 37.0 Å². The summed E-state index contributed by atoms with van der Waals surface area (Å²) in [7, 11) is 1.32. The van der Waals surface area contributed by atoms with E-state index in [4.69, 9.17) is 0 Å². The molecule has 0 saturated heterocycles. The lowest BCUT2D eigenvalue weighted by Gasteiger charge is -2.11. The first-order chi connectivity index (χ1) is 8.13.